The molecule has 1 unspecified atom stereocenters. The number of amides is 3. The fourth-order valence-corrected chi connectivity index (χ4v) is 3.98. The van der Waals surface area contributed by atoms with Crippen LogP contribution in [0.5, 0.6) is 0 Å². The van der Waals surface area contributed by atoms with Crippen molar-refractivity contribution in [2.75, 3.05) is 11.4 Å². The summed E-state index contributed by atoms with van der Waals surface area (Å²) in [6.45, 7) is 4.95. The molecule has 2 heterocycles. The summed E-state index contributed by atoms with van der Waals surface area (Å²) in [4.78, 5) is 39.5. The van der Waals surface area contributed by atoms with E-state index in [0.29, 0.717) is 24.4 Å². The van der Waals surface area contributed by atoms with Crippen molar-refractivity contribution in [1.29, 1.82) is 0 Å². The van der Waals surface area contributed by atoms with Crippen LogP contribution in [0, 0.1) is 19.8 Å². The number of hydrogen-bond acceptors (Lipinski definition) is 4. The number of carbonyl (C=O) groups is 3. The molecule has 3 aromatic rings. The highest BCUT2D eigenvalue weighted by molar-refractivity contribution is 6.01. The molecule has 1 aliphatic heterocycles. The van der Waals surface area contributed by atoms with Gasteiger partial charge in [-0.05, 0) is 60.9 Å². The Morgan fingerprint density at radius 2 is 1.85 bits per heavy atom. The molecule has 1 fully saturated rings. The fraction of sp³-hybridized carbons (Fsp3) is 0.269. The van der Waals surface area contributed by atoms with E-state index >= 15 is 0 Å². The van der Waals surface area contributed by atoms with Crippen molar-refractivity contribution in [2.24, 2.45) is 5.92 Å². The summed E-state index contributed by atoms with van der Waals surface area (Å²) in [5.74, 6) is -0.155. The topological polar surface area (TPSA) is 91.7 Å². The molecule has 0 bridgehead atoms. The summed E-state index contributed by atoms with van der Waals surface area (Å²) in [5.41, 5.74) is 4.34. The second kappa shape index (κ2) is 9.73. The molecule has 1 aliphatic rings. The van der Waals surface area contributed by atoms with Crippen LogP contribution in [0.1, 0.15) is 39.2 Å². The van der Waals surface area contributed by atoms with Crippen molar-refractivity contribution >= 4 is 23.4 Å². The van der Waals surface area contributed by atoms with E-state index in [0.717, 1.165) is 22.4 Å². The third-order valence-corrected chi connectivity index (χ3v) is 6.02. The van der Waals surface area contributed by atoms with E-state index in [9.17, 15) is 14.4 Å². The van der Waals surface area contributed by atoms with Crippen LogP contribution >= 0.6 is 0 Å². The Balaban J connectivity index is 1.33. The molecule has 33 heavy (non-hydrogen) atoms. The number of benzene rings is 2. The van der Waals surface area contributed by atoms with Gasteiger partial charge in [-0.25, -0.2) is 0 Å². The number of aryl methyl sites for hydroxylation is 1. The summed E-state index contributed by atoms with van der Waals surface area (Å²) in [7, 11) is 0. The van der Waals surface area contributed by atoms with E-state index in [1.807, 2.05) is 38.1 Å². The third kappa shape index (κ3) is 5.14. The highest BCUT2D eigenvalue weighted by Crippen LogP contribution is 2.29. The summed E-state index contributed by atoms with van der Waals surface area (Å²) in [6.07, 6.45) is 1.75. The van der Waals surface area contributed by atoms with E-state index in [-0.39, 0.29) is 30.7 Å². The van der Waals surface area contributed by atoms with Gasteiger partial charge in [0.2, 0.25) is 11.8 Å². The van der Waals surface area contributed by atoms with Gasteiger partial charge in [0.15, 0.2) is 0 Å². The largest absolute Gasteiger partial charge is 0.467 e. The minimum atomic E-state index is -0.405. The average Bonchev–Trinajstić information content (AvgIpc) is 3.48. The first kappa shape index (κ1) is 22.3. The van der Waals surface area contributed by atoms with Crippen LogP contribution in [0.25, 0.3) is 0 Å². The number of carbonyl (C=O) groups excluding carboxylic acids is 3. The van der Waals surface area contributed by atoms with Gasteiger partial charge in [-0.15, -0.1) is 0 Å². The molecular formula is C26H27N3O4. The van der Waals surface area contributed by atoms with Gasteiger partial charge in [-0.3, -0.25) is 14.4 Å². The summed E-state index contributed by atoms with van der Waals surface area (Å²) in [5, 5.41) is 5.72. The summed E-state index contributed by atoms with van der Waals surface area (Å²) < 4.78 is 5.22. The van der Waals surface area contributed by atoms with Gasteiger partial charge in [0, 0.05) is 30.8 Å². The Hall–Kier alpha value is -3.87. The Labute approximate surface area is 192 Å². The van der Waals surface area contributed by atoms with Gasteiger partial charge in [-0.1, -0.05) is 24.3 Å². The van der Waals surface area contributed by atoms with Crippen molar-refractivity contribution < 1.29 is 18.8 Å². The van der Waals surface area contributed by atoms with Crippen molar-refractivity contribution in [3.63, 3.8) is 0 Å². The molecule has 3 amide bonds. The third-order valence-electron chi connectivity index (χ3n) is 6.02. The molecule has 0 spiro atoms. The van der Waals surface area contributed by atoms with Crippen LogP contribution in [0.2, 0.25) is 0 Å². The SMILES string of the molecule is Cc1cccc(N2CC(C(=O)NCc3cccc(C(=O)NCc4ccco4)c3)CC2=O)c1C. The normalized spacial score (nSPS) is 15.5. The second-order valence-corrected chi connectivity index (χ2v) is 8.30. The highest BCUT2D eigenvalue weighted by Gasteiger charge is 2.35. The molecule has 1 atom stereocenters. The van der Waals surface area contributed by atoms with Crippen molar-refractivity contribution in [2.45, 2.75) is 33.4 Å². The van der Waals surface area contributed by atoms with Gasteiger partial charge in [-0.2, -0.15) is 0 Å². The number of hydrogen-bond donors (Lipinski definition) is 2. The lowest BCUT2D eigenvalue weighted by Gasteiger charge is -2.20. The molecule has 1 saturated heterocycles. The highest BCUT2D eigenvalue weighted by atomic mass is 16.3. The first-order chi connectivity index (χ1) is 15.9. The molecule has 1 aromatic heterocycles. The Kier molecular flexibility index (Phi) is 6.58. The quantitative estimate of drug-likeness (QED) is 0.582. The molecule has 170 valence electrons. The van der Waals surface area contributed by atoms with E-state index < -0.39 is 5.92 Å². The summed E-state index contributed by atoms with van der Waals surface area (Å²) >= 11 is 0. The lowest BCUT2D eigenvalue weighted by molar-refractivity contribution is -0.126. The number of nitrogens with one attached hydrogen (secondary N) is 2. The number of anilines is 1. The molecule has 7 nitrogen and oxygen atoms in total. The van der Waals surface area contributed by atoms with Gasteiger partial charge >= 0.3 is 0 Å². The average molecular weight is 446 g/mol. The van der Waals surface area contributed by atoms with E-state index in [2.05, 4.69) is 10.6 Å². The molecular weight excluding hydrogens is 418 g/mol. The van der Waals surface area contributed by atoms with E-state index in [1.165, 1.54) is 0 Å². The number of rotatable bonds is 7. The van der Waals surface area contributed by atoms with Crippen molar-refractivity contribution in [3.8, 4) is 0 Å². The molecule has 0 aliphatic carbocycles. The first-order valence-corrected chi connectivity index (χ1v) is 11.0. The van der Waals surface area contributed by atoms with Crippen molar-refractivity contribution in [3.05, 3.63) is 88.9 Å². The fourth-order valence-electron chi connectivity index (χ4n) is 3.98. The molecule has 7 heteroatoms. The molecule has 0 radical (unpaired) electrons. The first-order valence-electron chi connectivity index (χ1n) is 11.0. The Bertz CT molecular complexity index is 1170. The monoisotopic (exact) mass is 445 g/mol. The van der Waals surface area contributed by atoms with Crippen LogP contribution in [0.3, 0.4) is 0 Å². The number of nitrogens with zero attached hydrogens (tertiary/aromatic N) is 1. The zero-order valence-corrected chi connectivity index (χ0v) is 18.8. The minimum absolute atomic E-state index is 0.0425. The van der Waals surface area contributed by atoms with Crippen LogP contribution < -0.4 is 15.5 Å². The Morgan fingerprint density at radius 1 is 1.03 bits per heavy atom. The van der Waals surface area contributed by atoms with E-state index in [4.69, 9.17) is 4.42 Å². The molecule has 4 rings (SSSR count). The van der Waals surface area contributed by atoms with Gasteiger partial charge in [0.1, 0.15) is 5.76 Å². The molecule has 2 aromatic carbocycles. The lowest BCUT2D eigenvalue weighted by Crippen LogP contribution is -2.33. The molecule has 2 N–H and O–H groups in total. The standard InChI is InChI=1S/C26H27N3O4/c1-17-6-3-10-23(18(17)2)29-16-21(13-24(29)30)26(32)27-14-19-7-4-8-20(12-19)25(31)28-15-22-9-5-11-33-22/h3-12,21H,13-16H2,1-2H3,(H,27,32)(H,28,31). The predicted octanol–water partition coefficient (Wildman–Crippen LogP) is 3.50. The maximum Gasteiger partial charge on any atom is 0.251 e. The van der Waals surface area contributed by atoms with Crippen molar-refractivity contribution in [1.82, 2.24) is 10.6 Å². The predicted molar refractivity (Wildman–Crippen MR) is 125 cm³/mol. The van der Waals surface area contributed by atoms with Gasteiger partial charge in [0.25, 0.3) is 5.91 Å². The van der Waals surface area contributed by atoms with Gasteiger partial charge in [0.05, 0.1) is 18.7 Å². The lowest BCUT2D eigenvalue weighted by atomic mass is 10.1. The van der Waals surface area contributed by atoms with Crippen LogP contribution in [-0.4, -0.2) is 24.3 Å². The van der Waals surface area contributed by atoms with Gasteiger partial charge < -0.3 is 20.0 Å². The zero-order valence-electron chi connectivity index (χ0n) is 18.8. The zero-order chi connectivity index (χ0) is 23.4. The minimum Gasteiger partial charge on any atom is -0.467 e. The van der Waals surface area contributed by atoms with Crippen LogP contribution in [-0.2, 0) is 22.7 Å². The maximum absolute atomic E-state index is 12.8. The van der Waals surface area contributed by atoms with Crippen LogP contribution in [0.15, 0.2) is 65.3 Å². The Morgan fingerprint density at radius 3 is 2.64 bits per heavy atom. The van der Waals surface area contributed by atoms with Crippen LogP contribution in [0.4, 0.5) is 5.69 Å². The second-order valence-electron chi connectivity index (χ2n) is 8.30. The van der Waals surface area contributed by atoms with E-state index in [1.54, 1.807) is 41.5 Å². The molecule has 0 saturated carbocycles. The maximum atomic E-state index is 12.8. The summed E-state index contributed by atoms with van der Waals surface area (Å²) in [6, 6.07) is 16.5. The number of furan rings is 1. The smallest absolute Gasteiger partial charge is 0.251 e.